The van der Waals surface area contributed by atoms with Crippen LogP contribution in [0.3, 0.4) is 0 Å². The molecule has 0 aliphatic rings. The molecule has 0 aromatic heterocycles. The van der Waals surface area contributed by atoms with Crippen molar-refractivity contribution in [3.8, 4) is 0 Å². The minimum Gasteiger partial charge on any atom is -0.475 e. The van der Waals surface area contributed by atoms with Gasteiger partial charge in [-0.3, -0.25) is 4.79 Å². The molecule has 3 heteroatoms. The van der Waals surface area contributed by atoms with Crippen molar-refractivity contribution in [1.82, 2.24) is 0 Å². The van der Waals surface area contributed by atoms with Gasteiger partial charge in [0.25, 0.3) is 5.97 Å². The molecule has 1 aromatic rings. The summed E-state index contributed by atoms with van der Waals surface area (Å²) in [6.45, 7) is 0. The van der Waals surface area contributed by atoms with E-state index in [1.165, 1.54) is 7.11 Å². The monoisotopic (exact) mass is 224 g/mol. The average Bonchev–Trinajstić information content (AvgIpc) is 2.05. The van der Waals surface area contributed by atoms with Crippen LogP contribution in [0.15, 0.2) is 24.3 Å². The SMILES string of the molecule is COC(=O)c1c[c-]ccc1.[Y]. The molecule has 0 heterocycles. The van der Waals surface area contributed by atoms with Crippen molar-refractivity contribution < 1.29 is 42.2 Å². The van der Waals surface area contributed by atoms with Crippen molar-refractivity contribution in [2.75, 3.05) is 7.11 Å². The van der Waals surface area contributed by atoms with Crippen molar-refractivity contribution in [1.29, 1.82) is 0 Å². The van der Waals surface area contributed by atoms with Gasteiger partial charge in [-0.05, 0) is 0 Å². The summed E-state index contributed by atoms with van der Waals surface area (Å²) >= 11 is 0. The van der Waals surface area contributed by atoms with Crippen molar-refractivity contribution >= 4 is 5.97 Å². The fourth-order valence-electron chi connectivity index (χ4n) is 0.638. The summed E-state index contributed by atoms with van der Waals surface area (Å²) < 4.78 is 4.48. The van der Waals surface area contributed by atoms with E-state index in [1.54, 1.807) is 24.3 Å². The summed E-state index contributed by atoms with van der Waals surface area (Å²) in [5.41, 5.74) is 0.532. The number of benzene rings is 1. The molecule has 1 radical (unpaired) electrons. The molecule has 1 rings (SSSR count). The van der Waals surface area contributed by atoms with E-state index in [9.17, 15) is 4.79 Å². The molecule has 0 bridgehead atoms. The number of methoxy groups -OCH3 is 1. The first-order valence-corrected chi connectivity index (χ1v) is 2.89. The van der Waals surface area contributed by atoms with Crippen LogP contribution in [0.4, 0.5) is 0 Å². The molecule has 0 saturated heterocycles. The van der Waals surface area contributed by atoms with E-state index >= 15 is 0 Å². The van der Waals surface area contributed by atoms with Gasteiger partial charge in [0.05, 0.1) is 7.11 Å². The van der Waals surface area contributed by atoms with E-state index in [0.717, 1.165) is 0 Å². The molecule has 55 valence electrons. The summed E-state index contributed by atoms with van der Waals surface area (Å²) in [5.74, 6) is -0.322. The van der Waals surface area contributed by atoms with Gasteiger partial charge in [0.2, 0.25) is 0 Å². The molecule has 0 fully saturated rings. The first-order valence-electron chi connectivity index (χ1n) is 2.89. The number of rotatable bonds is 1. The third-order valence-corrected chi connectivity index (χ3v) is 1.13. The zero-order valence-electron chi connectivity index (χ0n) is 6.20. The molecular weight excluding hydrogens is 217 g/mol. The van der Waals surface area contributed by atoms with Crippen molar-refractivity contribution in [3.05, 3.63) is 35.9 Å². The Kier molecular flexibility index (Phi) is 5.34. The van der Waals surface area contributed by atoms with Gasteiger partial charge < -0.3 is 4.74 Å². The van der Waals surface area contributed by atoms with Crippen LogP contribution in [0.1, 0.15) is 10.4 Å². The summed E-state index contributed by atoms with van der Waals surface area (Å²) in [4.78, 5) is 10.8. The van der Waals surface area contributed by atoms with Gasteiger partial charge in [-0.2, -0.15) is 30.3 Å². The number of hydrogen-bond acceptors (Lipinski definition) is 2. The largest absolute Gasteiger partial charge is 0.475 e. The average molecular weight is 224 g/mol. The Morgan fingerprint density at radius 2 is 2.36 bits per heavy atom. The molecule has 1 aromatic carbocycles. The first kappa shape index (κ1) is 10.8. The van der Waals surface area contributed by atoms with Crippen molar-refractivity contribution in [2.45, 2.75) is 0 Å². The minimum absolute atomic E-state index is 0. The number of ether oxygens (including phenoxy) is 1. The van der Waals surface area contributed by atoms with Gasteiger partial charge in [-0.15, -0.1) is 0 Å². The minimum atomic E-state index is -0.322. The van der Waals surface area contributed by atoms with Crippen LogP contribution in [0, 0.1) is 6.07 Å². The van der Waals surface area contributed by atoms with E-state index in [0.29, 0.717) is 5.56 Å². The second kappa shape index (κ2) is 5.45. The summed E-state index contributed by atoms with van der Waals surface area (Å²) in [5, 5.41) is 0. The van der Waals surface area contributed by atoms with Gasteiger partial charge in [0.1, 0.15) is 0 Å². The topological polar surface area (TPSA) is 26.3 Å². The molecule has 0 amide bonds. The first-order chi connectivity index (χ1) is 4.84. The fraction of sp³-hybridized carbons (Fsp3) is 0.125. The third kappa shape index (κ3) is 3.13. The molecule has 0 N–H and O–H groups in total. The van der Waals surface area contributed by atoms with Crippen molar-refractivity contribution in [2.24, 2.45) is 0 Å². The molecule has 0 spiro atoms. The summed E-state index contributed by atoms with van der Waals surface area (Å²) in [7, 11) is 1.36. The van der Waals surface area contributed by atoms with Gasteiger partial charge >= 0.3 is 0 Å². The Bertz CT molecular complexity index is 221. The smallest absolute Gasteiger partial charge is 0.280 e. The van der Waals surface area contributed by atoms with Crippen LogP contribution < -0.4 is 0 Å². The number of carbonyl (C=O) groups is 1. The van der Waals surface area contributed by atoms with Crippen LogP contribution in [0.25, 0.3) is 0 Å². The predicted molar refractivity (Wildman–Crippen MR) is 36.6 cm³/mol. The Morgan fingerprint density at radius 3 is 2.82 bits per heavy atom. The second-order valence-corrected chi connectivity index (χ2v) is 1.78. The normalized spacial score (nSPS) is 8.09. The third-order valence-electron chi connectivity index (χ3n) is 1.13. The van der Waals surface area contributed by atoms with E-state index < -0.39 is 0 Å². The van der Waals surface area contributed by atoms with Gasteiger partial charge in [0, 0.05) is 32.7 Å². The molecule has 0 aliphatic heterocycles. The molecular formula is C8H7O2Y-. The fourth-order valence-corrected chi connectivity index (χ4v) is 0.638. The maximum absolute atomic E-state index is 10.8. The zero-order valence-corrected chi connectivity index (χ0v) is 9.04. The Morgan fingerprint density at radius 1 is 1.64 bits per heavy atom. The maximum Gasteiger partial charge on any atom is 0.280 e. The van der Waals surface area contributed by atoms with E-state index in [4.69, 9.17) is 0 Å². The summed E-state index contributed by atoms with van der Waals surface area (Å²) in [6, 6.07) is 9.52. The van der Waals surface area contributed by atoms with Crippen LogP contribution in [-0.2, 0) is 37.4 Å². The van der Waals surface area contributed by atoms with Crippen LogP contribution in [-0.4, -0.2) is 13.1 Å². The van der Waals surface area contributed by atoms with E-state index in [1.807, 2.05) is 0 Å². The molecule has 0 atom stereocenters. The molecule has 0 unspecified atom stereocenters. The van der Waals surface area contributed by atoms with Gasteiger partial charge in [-0.1, -0.05) is 5.56 Å². The maximum atomic E-state index is 10.8. The summed E-state index contributed by atoms with van der Waals surface area (Å²) in [6.07, 6.45) is 0. The molecule has 0 saturated carbocycles. The van der Waals surface area contributed by atoms with E-state index in [-0.39, 0.29) is 38.7 Å². The Labute approximate surface area is 90.8 Å². The second-order valence-electron chi connectivity index (χ2n) is 1.78. The standard InChI is InChI=1S/C8H7O2.Y/c1-10-8(9)7-5-3-2-4-6-7;/h2-3,5-6H,1H3;/q-1;. The number of carbonyl (C=O) groups excluding carboxylic acids is 1. The zero-order chi connectivity index (χ0) is 7.40. The molecule has 2 nitrogen and oxygen atoms in total. The van der Waals surface area contributed by atoms with Gasteiger partial charge in [0.15, 0.2) is 0 Å². The number of esters is 1. The van der Waals surface area contributed by atoms with Gasteiger partial charge in [-0.25, -0.2) is 0 Å². The van der Waals surface area contributed by atoms with Crippen LogP contribution >= 0.6 is 0 Å². The van der Waals surface area contributed by atoms with Crippen LogP contribution in [0.2, 0.25) is 0 Å². The van der Waals surface area contributed by atoms with Crippen LogP contribution in [0.5, 0.6) is 0 Å². The predicted octanol–water partition coefficient (Wildman–Crippen LogP) is 1.27. The molecule has 11 heavy (non-hydrogen) atoms. The number of hydrogen-bond donors (Lipinski definition) is 0. The Balaban J connectivity index is 0.000001000. The van der Waals surface area contributed by atoms with Crippen molar-refractivity contribution in [3.63, 3.8) is 0 Å². The Hall–Kier alpha value is -0.206. The van der Waals surface area contributed by atoms with E-state index in [2.05, 4.69) is 10.8 Å². The quantitative estimate of drug-likeness (QED) is 0.530. The molecule has 0 aliphatic carbocycles.